The van der Waals surface area contributed by atoms with Crippen molar-refractivity contribution in [3.05, 3.63) is 68.5 Å². The molecule has 3 aliphatic rings. The number of fused-ring (bicyclic) bond motifs is 2. The average molecular weight is 577 g/mol. The summed E-state index contributed by atoms with van der Waals surface area (Å²) in [4.78, 5) is 49.8. The van der Waals surface area contributed by atoms with E-state index in [1.165, 1.54) is 47.9 Å². The van der Waals surface area contributed by atoms with Gasteiger partial charge in [-0.25, -0.2) is 4.79 Å². The molecule has 36 heavy (non-hydrogen) atoms. The fourth-order valence-electron chi connectivity index (χ4n) is 4.52. The van der Waals surface area contributed by atoms with Gasteiger partial charge in [0.2, 0.25) is 0 Å². The second kappa shape index (κ2) is 9.36. The van der Waals surface area contributed by atoms with Crippen LogP contribution in [-0.2, 0) is 43.4 Å². The molecule has 1 fully saturated rings. The second-order valence-corrected chi connectivity index (χ2v) is 10.9. The molecule has 1 saturated heterocycles. The van der Waals surface area contributed by atoms with Crippen molar-refractivity contribution < 1.29 is 28.8 Å². The van der Waals surface area contributed by atoms with Crippen LogP contribution in [0.15, 0.2) is 41.4 Å². The van der Waals surface area contributed by atoms with Crippen molar-refractivity contribution in [1.29, 1.82) is 0 Å². The lowest BCUT2D eigenvalue weighted by Crippen LogP contribution is -2.70. The Hall–Kier alpha value is -3.19. The first-order valence-corrected chi connectivity index (χ1v) is 13.0. The number of esters is 2. The highest BCUT2D eigenvalue weighted by molar-refractivity contribution is 9.10. The number of nitrogens with zero attached hydrogens (tertiary/aromatic N) is 4. The first-order valence-electron chi connectivity index (χ1n) is 11.2. The molecule has 2 aromatic rings. The lowest BCUT2D eigenvalue weighted by atomic mass is 9.88. The monoisotopic (exact) mass is 576 g/mol. The predicted molar refractivity (Wildman–Crippen MR) is 131 cm³/mol. The zero-order chi connectivity index (χ0) is 25.6. The molecule has 1 aromatic heterocycles. The van der Waals surface area contributed by atoms with E-state index < -0.39 is 38.6 Å². The van der Waals surface area contributed by atoms with Crippen molar-refractivity contribution in [2.75, 3.05) is 0 Å². The van der Waals surface area contributed by atoms with E-state index in [-0.39, 0.29) is 18.0 Å². The summed E-state index contributed by atoms with van der Waals surface area (Å²) in [6.45, 7) is 1.94. The number of benzene rings is 1. The Morgan fingerprint density at radius 1 is 1.33 bits per heavy atom. The number of nitro benzene ring substituents is 1. The largest absolute Gasteiger partial charge is 0.456 e. The number of β-lactam (4-membered cyclic amide) rings is 1. The van der Waals surface area contributed by atoms with Crippen molar-refractivity contribution in [3.63, 3.8) is 0 Å². The minimum Gasteiger partial charge on any atom is -0.456 e. The molecular formula is C23H21BrN4O7S. The van der Waals surface area contributed by atoms with Gasteiger partial charge in [-0.3, -0.25) is 29.3 Å². The molecule has 1 amide bonds. The smallest absolute Gasteiger partial charge is 0.355 e. The van der Waals surface area contributed by atoms with Gasteiger partial charge in [0.1, 0.15) is 23.4 Å². The van der Waals surface area contributed by atoms with E-state index in [1.807, 2.05) is 10.7 Å². The molecule has 0 spiro atoms. The second-order valence-electron chi connectivity index (χ2n) is 8.66. The van der Waals surface area contributed by atoms with Crippen molar-refractivity contribution in [1.82, 2.24) is 14.7 Å². The van der Waals surface area contributed by atoms with Crippen LogP contribution in [0.2, 0.25) is 0 Å². The van der Waals surface area contributed by atoms with Crippen molar-refractivity contribution in [2.45, 2.75) is 55.1 Å². The molecule has 0 aliphatic carbocycles. The first-order chi connectivity index (χ1) is 17.2. The maximum absolute atomic E-state index is 13.4. The number of ether oxygens (including phenoxy) is 2. The van der Waals surface area contributed by atoms with Crippen LogP contribution in [0.1, 0.15) is 42.8 Å². The van der Waals surface area contributed by atoms with E-state index in [4.69, 9.17) is 9.47 Å². The molecule has 2 unspecified atom stereocenters. The molecule has 3 atom stereocenters. The van der Waals surface area contributed by atoms with Crippen LogP contribution in [-0.4, -0.2) is 47.1 Å². The van der Waals surface area contributed by atoms with Crippen LogP contribution in [0.25, 0.3) is 0 Å². The van der Waals surface area contributed by atoms with Crippen LogP contribution < -0.4 is 0 Å². The highest BCUT2D eigenvalue weighted by atomic mass is 79.9. The highest BCUT2D eigenvalue weighted by Crippen LogP contribution is 2.58. The van der Waals surface area contributed by atoms with E-state index in [1.54, 1.807) is 5.41 Å². The first kappa shape index (κ1) is 24.5. The summed E-state index contributed by atoms with van der Waals surface area (Å²) in [6, 6.07) is 7.52. The minimum absolute atomic E-state index is 0.0662. The zero-order valence-electron chi connectivity index (χ0n) is 19.1. The molecule has 0 bridgehead atoms. The number of amides is 1. The number of hydrogen-bond acceptors (Lipinski definition) is 9. The van der Waals surface area contributed by atoms with Crippen molar-refractivity contribution in [3.8, 4) is 0 Å². The number of hydrogen-bond donors (Lipinski definition) is 0. The van der Waals surface area contributed by atoms with Gasteiger partial charge in [0.25, 0.3) is 11.6 Å². The molecule has 4 heterocycles. The van der Waals surface area contributed by atoms with Gasteiger partial charge >= 0.3 is 11.9 Å². The molecule has 13 heteroatoms. The Bertz CT molecular complexity index is 1270. The van der Waals surface area contributed by atoms with E-state index in [9.17, 15) is 24.5 Å². The third-order valence-electron chi connectivity index (χ3n) is 6.30. The minimum atomic E-state index is -1.30. The van der Waals surface area contributed by atoms with Crippen LogP contribution in [0.5, 0.6) is 0 Å². The fraction of sp³-hybridized carbons (Fsp3) is 0.391. The number of rotatable bonds is 7. The predicted octanol–water partition coefficient (Wildman–Crippen LogP) is 3.37. The van der Waals surface area contributed by atoms with Gasteiger partial charge in [0.05, 0.1) is 4.92 Å². The Balaban J connectivity index is 1.30. The van der Waals surface area contributed by atoms with Gasteiger partial charge in [-0.1, -0.05) is 15.9 Å². The summed E-state index contributed by atoms with van der Waals surface area (Å²) in [5.41, 5.74) is 2.10. The molecule has 5 rings (SSSR count). The van der Waals surface area contributed by atoms with Gasteiger partial charge in [0.15, 0.2) is 10.4 Å². The number of carbonyl (C=O) groups excluding carboxylic acids is 3. The third-order valence-corrected chi connectivity index (χ3v) is 9.00. The van der Waals surface area contributed by atoms with E-state index in [2.05, 4.69) is 21.0 Å². The van der Waals surface area contributed by atoms with Crippen LogP contribution in [0.3, 0.4) is 0 Å². The third kappa shape index (κ3) is 4.09. The Morgan fingerprint density at radius 2 is 2.08 bits per heavy atom. The van der Waals surface area contributed by atoms with Gasteiger partial charge in [-0.15, -0.1) is 11.8 Å². The molecule has 188 valence electrons. The summed E-state index contributed by atoms with van der Waals surface area (Å²) in [5, 5.41) is 16.4. The molecular weight excluding hydrogens is 556 g/mol. The summed E-state index contributed by atoms with van der Waals surface area (Å²) >= 11 is 4.80. The number of aromatic nitrogens is 2. The summed E-state index contributed by atoms with van der Waals surface area (Å²) in [5.74, 6) is -1.68. The van der Waals surface area contributed by atoms with Crippen molar-refractivity contribution in [2.24, 2.45) is 0 Å². The number of thioether (sulfide) groups is 1. The fourth-order valence-corrected chi connectivity index (χ4v) is 6.79. The Morgan fingerprint density at radius 3 is 2.75 bits per heavy atom. The summed E-state index contributed by atoms with van der Waals surface area (Å²) in [6.07, 6.45) is 1.94. The Labute approximate surface area is 218 Å². The van der Waals surface area contributed by atoms with Gasteiger partial charge < -0.3 is 9.47 Å². The van der Waals surface area contributed by atoms with Crippen LogP contribution >= 0.6 is 27.7 Å². The lowest BCUT2D eigenvalue weighted by Gasteiger charge is -2.51. The topological polar surface area (TPSA) is 134 Å². The summed E-state index contributed by atoms with van der Waals surface area (Å²) < 4.78 is 11.5. The normalized spacial score (nSPS) is 23.2. The SMILES string of the molecule is CC(=O)OC(c1cc2n(n1)CCCC2)C1(Br)C(=O)N2C(C(=O)OCc3ccc([N+](=O)[O-])cc3)=CS[C@@H]21. The average Bonchev–Trinajstić information content (AvgIpc) is 3.48. The summed E-state index contributed by atoms with van der Waals surface area (Å²) in [7, 11) is 0. The van der Waals surface area contributed by atoms with E-state index in [0.29, 0.717) is 11.3 Å². The van der Waals surface area contributed by atoms with Gasteiger partial charge in [0, 0.05) is 36.7 Å². The molecule has 0 N–H and O–H groups in total. The van der Waals surface area contributed by atoms with Crippen LogP contribution in [0.4, 0.5) is 5.69 Å². The molecule has 3 aliphatic heterocycles. The number of aryl methyl sites for hydroxylation is 2. The maximum Gasteiger partial charge on any atom is 0.355 e. The molecule has 1 aromatic carbocycles. The van der Waals surface area contributed by atoms with Crippen LogP contribution in [0, 0.1) is 10.1 Å². The molecule has 0 saturated carbocycles. The number of carbonyl (C=O) groups is 3. The van der Waals surface area contributed by atoms with Crippen molar-refractivity contribution >= 4 is 51.2 Å². The molecule has 11 nitrogen and oxygen atoms in total. The quantitative estimate of drug-likeness (QED) is 0.160. The maximum atomic E-state index is 13.4. The number of non-ortho nitro benzene ring substituents is 1. The number of alkyl halides is 1. The van der Waals surface area contributed by atoms with E-state index in [0.717, 1.165) is 31.5 Å². The standard InChI is InChI=1S/C23H21BrN4O7S/c1-13(29)35-19(17-10-16-4-2-3-9-26(16)25-17)23(24)21(31)27-18(12-36-22(23)27)20(30)34-11-14-5-7-15(8-6-14)28(32)33/h5-8,10,12,19,22H,2-4,9,11H2,1H3/t19?,22-,23?/m1/s1. The highest BCUT2D eigenvalue weighted by Gasteiger charge is 2.69. The number of halogens is 1. The van der Waals surface area contributed by atoms with E-state index >= 15 is 0 Å². The Kier molecular flexibility index (Phi) is 6.37. The van der Waals surface area contributed by atoms with Gasteiger partial charge in [-0.05, 0) is 43.0 Å². The molecule has 0 radical (unpaired) electrons. The lowest BCUT2D eigenvalue weighted by molar-refractivity contribution is -0.384. The zero-order valence-corrected chi connectivity index (χ0v) is 21.5. The van der Waals surface area contributed by atoms with Gasteiger partial charge in [-0.2, -0.15) is 5.10 Å². The number of nitro groups is 1.